The average Bonchev–Trinajstić information content (AvgIpc) is 2.30. The maximum absolute atomic E-state index is 3.43. The van der Waals surface area contributed by atoms with Crippen LogP contribution in [0.3, 0.4) is 0 Å². The monoisotopic (exact) mass is 217 g/mol. The van der Waals surface area contributed by atoms with E-state index in [4.69, 9.17) is 0 Å². The van der Waals surface area contributed by atoms with Crippen LogP contribution in [-0.2, 0) is 0 Å². The maximum atomic E-state index is 3.43. The van der Waals surface area contributed by atoms with Gasteiger partial charge in [-0.3, -0.25) is 0 Å². The molecule has 0 saturated heterocycles. The molecule has 0 atom stereocenters. The van der Waals surface area contributed by atoms with E-state index in [2.05, 4.69) is 18.8 Å². The first-order chi connectivity index (χ1) is 5.29. The number of H-pyrrole nitrogens is 1. The number of aromatic nitrogens is 1. The van der Waals surface area contributed by atoms with Crippen LogP contribution in [0.4, 0.5) is 0 Å². The zero-order valence-corrected chi connectivity index (χ0v) is 9.87. The van der Waals surface area contributed by atoms with Crippen molar-refractivity contribution in [2.24, 2.45) is 0 Å². The van der Waals surface area contributed by atoms with Crippen molar-refractivity contribution in [1.29, 1.82) is 0 Å². The number of hydrogen-bond donors (Lipinski definition) is 1. The van der Waals surface area contributed by atoms with Crippen molar-refractivity contribution >= 4 is 41.2 Å². The lowest BCUT2D eigenvalue weighted by atomic mass is 10.3. The third-order valence-corrected chi connectivity index (χ3v) is 9.97. The summed E-state index contributed by atoms with van der Waals surface area (Å²) in [6.07, 6.45) is 0. The highest BCUT2D eigenvalue weighted by molar-refractivity contribution is 8.31. The number of aryl methyl sites for hydroxylation is 2. The van der Waals surface area contributed by atoms with Crippen LogP contribution >= 0.6 is 30.8 Å². The molecule has 0 spiro atoms. The Morgan fingerprint density at radius 1 is 1.09 bits per heavy atom. The Labute approximate surface area is 71.7 Å². The Bertz CT molecular complexity index is 394. The van der Waals surface area contributed by atoms with Gasteiger partial charge in [-0.15, -0.1) is 0 Å². The first-order valence-electron chi connectivity index (χ1n) is 3.30. The molecule has 0 aliphatic carbocycles. The minimum atomic E-state index is 1.35. The summed E-state index contributed by atoms with van der Waals surface area (Å²) in [5, 5.41) is 2.99. The highest BCUT2D eigenvalue weighted by Gasteiger charge is 2.02. The molecule has 1 nitrogen and oxygen atoms in total. The molecule has 2 aromatic heterocycles. The Morgan fingerprint density at radius 3 is 2.55 bits per heavy atom. The first-order valence-corrected chi connectivity index (χ1v) is 8.99. The molecule has 0 unspecified atom stereocenters. The molecule has 0 radical (unpaired) electrons. The zero-order valence-electron chi connectivity index (χ0n) is 6.29. The summed E-state index contributed by atoms with van der Waals surface area (Å²) in [6.45, 7) is 4.37. The van der Waals surface area contributed by atoms with Crippen molar-refractivity contribution < 1.29 is 0 Å². The van der Waals surface area contributed by atoms with Crippen LogP contribution in [0.25, 0.3) is 10.4 Å². The molecule has 0 saturated carbocycles. The molecule has 0 aliphatic rings. The first kappa shape index (κ1) is 8.10. The highest BCUT2D eigenvalue weighted by Crippen LogP contribution is 2.46. The fourth-order valence-corrected chi connectivity index (χ4v) is 9.46. The van der Waals surface area contributed by atoms with Crippen LogP contribution in [0.2, 0.25) is 0 Å². The molecule has 56 valence electrons. The van der Waals surface area contributed by atoms with E-state index >= 15 is 0 Å². The standard InChI is InChI=1S/C6H7NP4/c1-3-4(2)7-6-5(3)8-10-11-9-6/h7H,1-2H3. The van der Waals surface area contributed by atoms with Gasteiger partial charge in [-0.1, -0.05) is 0 Å². The van der Waals surface area contributed by atoms with Gasteiger partial charge in [0.1, 0.15) is 0 Å². The molecule has 0 aliphatic heterocycles. The van der Waals surface area contributed by atoms with Gasteiger partial charge in [-0.2, -0.15) is 0 Å². The Morgan fingerprint density at radius 2 is 1.82 bits per heavy atom. The van der Waals surface area contributed by atoms with E-state index < -0.39 is 0 Å². The predicted molar refractivity (Wildman–Crippen MR) is 57.8 cm³/mol. The molecule has 0 fully saturated rings. The normalized spacial score (nSPS) is 13.6. The summed E-state index contributed by atoms with van der Waals surface area (Å²) >= 11 is 0. The number of hydrogen-bond acceptors (Lipinski definition) is 0. The molecule has 0 aromatic carbocycles. The fourth-order valence-electron chi connectivity index (χ4n) is 1.01. The van der Waals surface area contributed by atoms with Gasteiger partial charge in [0.15, 0.2) is 0 Å². The molecule has 2 heterocycles. The molecule has 1 N–H and O–H groups in total. The minimum absolute atomic E-state index is 1.35. The molecule has 0 bridgehead atoms. The minimum Gasteiger partial charge on any atom is -0.354 e. The SMILES string of the molecule is Cc1[nH]c2ppppc2c1C. The Kier molecular flexibility index (Phi) is 2.27. The lowest BCUT2D eigenvalue weighted by Crippen LogP contribution is -1.69. The molecular weight excluding hydrogens is 210 g/mol. The summed E-state index contributed by atoms with van der Waals surface area (Å²) in [5.74, 6) is 0. The van der Waals surface area contributed by atoms with E-state index in [1.807, 2.05) is 0 Å². The van der Waals surface area contributed by atoms with Crippen LogP contribution in [0.5, 0.6) is 0 Å². The van der Waals surface area contributed by atoms with Crippen LogP contribution in [0.1, 0.15) is 11.3 Å². The quantitative estimate of drug-likeness (QED) is 0.631. The van der Waals surface area contributed by atoms with E-state index in [9.17, 15) is 0 Å². The second-order valence-corrected chi connectivity index (χ2v) is 9.60. The van der Waals surface area contributed by atoms with Crippen LogP contribution < -0.4 is 0 Å². The summed E-state index contributed by atoms with van der Waals surface area (Å²) in [4.78, 5) is 3.43. The Hall–Kier alpha value is 0.480. The largest absolute Gasteiger partial charge is 0.354 e. The number of fused-ring (bicyclic) bond motifs is 1. The van der Waals surface area contributed by atoms with Gasteiger partial charge in [0.2, 0.25) is 0 Å². The molecule has 2 rings (SSSR count). The molecule has 2 aromatic rings. The molecular formula is C6H7NP4. The topological polar surface area (TPSA) is 15.8 Å². The van der Waals surface area contributed by atoms with Gasteiger partial charge in [-0.05, 0) is 50.2 Å². The zero-order chi connectivity index (χ0) is 7.84. The van der Waals surface area contributed by atoms with Gasteiger partial charge < -0.3 is 4.98 Å². The van der Waals surface area contributed by atoms with E-state index in [-0.39, 0.29) is 0 Å². The fraction of sp³-hybridized carbons (Fsp3) is 0.333. The van der Waals surface area contributed by atoms with E-state index in [0.717, 1.165) is 0 Å². The van der Waals surface area contributed by atoms with Crippen molar-refractivity contribution in [1.82, 2.24) is 4.98 Å². The van der Waals surface area contributed by atoms with Gasteiger partial charge in [-0.25, -0.2) is 0 Å². The van der Waals surface area contributed by atoms with Crippen molar-refractivity contribution in [3.8, 4) is 0 Å². The van der Waals surface area contributed by atoms with Crippen LogP contribution in [0, 0.1) is 13.8 Å². The highest BCUT2D eigenvalue weighted by atomic mass is 32.3. The molecule has 11 heavy (non-hydrogen) atoms. The van der Waals surface area contributed by atoms with Gasteiger partial charge in [0.25, 0.3) is 0 Å². The van der Waals surface area contributed by atoms with E-state index in [1.165, 1.54) is 47.3 Å². The average molecular weight is 217 g/mol. The Balaban J connectivity index is 2.92. The van der Waals surface area contributed by atoms with E-state index in [1.54, 1.807) is 5.12 Å². The summed E-state index contributed by atoms with van der Waals surface area (Å²) in [6, 6.07) is 0. The number of nitrogens with one attached hydrogen (secondary N) is 1. The lowest BCUT2D eigenvalue weighted by molar-refractivity contribution is 1.26. The number of rotatable bonds is 0. The molecule has 0 amide bonds. The smallest absolute Gasteiger partial charge is 0.0835 e. The third kappa shape index (κ3) is 1.37. The van der Waals surface area contributed by atoms with Crippen molar-refractivity contribution in [2.75, 3.05) is 0 Å². The predicted octanol–water partition coefficient (Wildman–Crippen LogP) is 5.11. The van der Waals surface area contributed by atoms with Crippen molar-refractivity contribution in [2.45, 2.75) is 13.8 Å². The van der Waals surface area contributed by atoms with Crippen molar-refractivity contribution in [3.63, 3.8) is 0 Å². The summed E-state index contributed by atoms with van der Waals surface area (Å²) < 4.78 is 0. The van der Waals surface area contributed by atoms with E-state index in [0.29, 0.717) is 0 Å². The van der Waals surface area contributed by atoms with Crippen molar-refractivity contribution in [3.05, 3.63) is 11.3 Å². The maximum Gasteiger partial charge on any atom is 0.0835 e. The second kappa shape index (κ2) is 3.08. The van der Waals surface area contributed by atoms with Crippen LogP contribution in [-0.4, -0.2) is 4.98 Å². The van der Waals surface area contributed by atoms with Gasteiger partial charge in [0.05, 0.1) is 5.25 Å². The van der Waals surface area contributed by atoms with Crippen LogP contribution in [0.15, 0.2) is 0 Å². The molecule has 5 heteroatoms. The van der Waals surface area contributed by atoms with Gasteiger partial charge in [0, 0.05) is 10.8 Å². The summed E-state index contributed by atoms with van der Waals surface area (Å²) in [5.41, 5.74) is 2.82. The third-order valence-electron chi connectivity index (χ3n) is 1.78. The summed E-state index contributed by atoms with van der Waals surface area (Å²) in [7, 11) is 5.99. The lowest BCUT2D eigenvalue weighted by Gasteiger charge is -1.85. The second-order valence-electron chi connectivity index (χ2n) is 2.45. The number of aromatic amines is 1. The van der Waals surface area contributed by atoms with Gasteiger partial charge >= 0.3 is 0 Å².